The zero-order valence-electron chi connectivity index (χ0n) is 11.8. The third kappa shape index (κ3) is 5.14. The van der Waals surface area contributed by atoms with Crippen LogP contribution < -0.4 is 10.6 Å². The Hall–Kier alpha value is -1.66. The second-order valence-corrected chi connectivity index (χ2v) is 4.57. The van der Waals surface area contributed by atoms with Crippen molar-refractivity contribution in [2.45, 2.75) is 6.92 Å². The van der Waals surface area contributed by atoms with E-state index in [0.29, 0.717) is 24.7 Å². The fourth-order valence-electron chi connectivity index (χ4n) is 1.70. The van der Waals surface area contributed by atoms with Gasteiger partial charge in [-0.3, -0.25) is 4.79 Å². The highest BCUT2D eigenvalue weighted by Gasteiger charge is 2.12. The van der Waals surface area contributed by atoms with Gasteiger partial charge < -0.3 is 20.1 Å². The van der Waals surface area contributed by atoms with E-state index in [9.17, 15) is 4.79 Å². The number of nitrogens with zero attached hydrogens (tertiary/aromatic N) is 1. The van der Waals surface area contributed by atoms with Crippen LogP contribution in [-0.4, -0.2) is 44.4 Å². The summed E-state index contributed by atoms with van der Waals surface area (Å²) in [4.78, 5) is 13.9. The van der Waals surface area contributed by atoms with Crippen LogP contribution in [0.25, 0.3) is 0 Å². The van der Waals surface area contributed by atoms with Gasteiger partial charge in [0.1, 0.15) is 11.5 Å². The standard InChI is InChI=1S/C14H20N2O3S/c1-3-19-13(17)10-16(8-9-18-2)12-6-4-11(5-7-12)14(15)20/h4-7H,3,8-10H2,1-2H3,(H2,15,20). The molecule has 0 heterocycles. The number of carbonyl (C=O) groups excluding carboxylic acids is 1. The molecule has 20 heavy (non-hydrogen) atoms. The quantitative estimate of drug-likeness (QED) is 0.577. The third-order valence-electron chi connectivity index (χ3n) is 2.71. The Bertz CT molecular complexity index is 448. The summed E-state index contributed by atoms with van der Waals surface area (Å²) in [6.45, 7) is 3.47. The van der Waals surface area contributed by atoms with E-state index in [0.717, 1.165) is 11.3 Å². The average molecular weight is 296 g/mol. The van der Waals surface area contributed by atoms with E-state index in [1.807, 2.05) is 29.2 Å². The molecule has 0 fully saturated rings. The molecule has 1 aromatic rings. The molecule has 0 saturated heterocycles. The fraction of sp³-hybridized carbons (Fsp3) is 0.429. The van der Waals surface area contributed by atoms with Crippen LogP contribution in [0.1, 0.15) is 12.5 Å². The lowest BCUT2D eigenvalue weighted by Gasteiger charge is -2.23. The fourth-order valence-corrected chi connectivity index (χ4v) is 1.84. The predicted molar refractivity (Wildman–Crippen MR) is 83.1 cm³/mol. The number of thiocarbonyl (C=S) groups is 1. The number of hydrogen-bond donors (Lipinski definition) is 1. The van der Waals surface area contributed by atoms with E-state index < -0.39 is 0 Å². The number of hydrogen-bond acceptors (Lipinski definition) is 5. The molecule has 0 spiro atoms. The van der Waals surface area contributed by atoms with Crippen molar-refractivity contribution in [2.75, 3.05) is 38.3 Å². The third-order valence-corrected chi connectivity index (χ3v) is 2.94. The number of nitrogens with two attached hydrogens (primary N) is 1. The van der Waals surface area contributed by atoms with Crippen LogP contribution in [0.3, 0.4) is 0 Å². The summed E-state index contributed by atoms with van der Waals surface area (Å²) in [6.07, 6.45) is 0. The minimum atomic E-state index is -0.262. The van der Waals surface area contributed by atoms with Crippen LogP contribution in [0.5, 0.6) is 0 Å². The largest absolute Gasteiger partial charge is 0.465 e. The molecule has 0 amide bonds. The Balaban J connectivity index is 2.80. The molecule has 6 heteroatoms. The Kier molecular flexibility index (Phi) is 6.97. The lowest BCUT2D eigenvalue weighted by Crippen LogP contribution is -2.33. The number of rotatable bonds is 8. The minimum absolute atomic E-state index is 0.184. The summed E-state index contributed by atoms with van der Waals surface area (Å²) < 4.78 is 10.0. The molecular weight excluding hydrogens is 276 g/mol. The van der Waals surface area contributed by atoms with Gasteiger partial charge in [-0.1, -0.05) is 12.2 Å². The van der Waals surface area contributed by atoms with Gasteiger partial charge in [0.15, 0.2) is 0 Å². The SMILES string of the molecule is CCOC(=O)CN(CCOC)c1ccc(C(N)=S)cc1. The Morgan fingerprint density at radius 1 is 1.35 bits per heavy atom. The van der Waals surface area contributed by atoms with Crippen molar-refractivity contribution in [3.05, 3.63) is 29.8 Å². The van der Waals surface area contributed by atoms with Crippen molar-refractivity contribution in [3.63, 3.8) is 0 Å². The smallest absolute Gasteiger partial charge is 0.325 e. The highest BCUT2D eigenvalue weighted by Crippen LogP contribution is 2.15. The van der Waals surface area contributed by atoms with Crippen LogP contribution >= 0.6 is 12.2 Å². The predicted octanol–water partition coefficient (Wildman–Crippen LogP) is 1.34. The number of methoxy groups -OCH3 is 1. The Labute approximate surface area is 124 Å². The zero-order valence-corrected chi connectivity index (χ0v) is 12.6. The zero-order chi connectivity index (χ0) is 15.0. The van der Waals surface area contributed by atoms with Gasteiger partial charge in [0.25, 0.3) is 0 Å². The first-order valence-corrected chi connectivity index (χ1v) is 6.78. The first-order chi connectivity index (χ1) is 9.58. The Morgan fingerprint density at radius 2 is 2.00 bits per heavy atom. The van der Waals surface area contributed by atoms with E-state index in [1.165, 1.54) is 0 Å². The maximum absolute atomic E-state index is 11.6. The number of anilines is 1. The average Bonchev–Trinajstić information content (AvgIpc) is 2.44. The molecule has 0 atom stereocenters. The van der Waals surface area contributed by atoms with Crippen molar-refractivity contribution in [3.8, 4) is 0 Å². The van der Waals surface area contributed by atoms with Crippen LogP contribution in [-0.2, 0) is 14.3 Å². The summed E-state index contributed by atoms with van der Waals surface area (Å²) in [5.41, 5.74) is 7.26. The van der Waals surface area contributed by atoms with Crippen molar-refractivity contribution >= 4 is 28.9 Å². The second kappa shape index (κ2) is 8.50. The van der Waals surface area contributed by atoms with Gasteiger partial charge in [-0.05, 0) is 31.2 Å². The van der Waals surface area contributed by atoms with E-state index >= 15 is 0 Å². The van der Waals surface area contributed by atoms with Crippen LogP contribution in [0, 0.1) is 0 Å². The van der Waals surface area contributed by atoms with Crippen LogP contribution in [0.4, 0.5) is 5.69 Å². The van der Waals surface area contributed by atoms with Gasteiger partial charge in [-0.15, -0.1) is 0 Å². The summed E-state index contributed by atoms with van der Waals surface area (Å²) in [6, 6.07) is 7.43. The Morgan fingerprint density at radius 3 is 2.50 bits per heavy atom. The van der Waals surface area contributed by atoms with Gasteiger partial charge in [-0.25, -0.2) is 0 Å². The molecule has 2 N–H and O–H groups in total. The molecule has 1 aromatic carbocycles. The minimum Gasteiger partial charge on any atom is -0.465 e. The molecule has 110 valence electrons. The molecule has 0 bridgehead atoms. The van der Waals surface area contributed by atoms with Crippen LogP contribution in [0.2, 0.25) is 0 Å². The van der Waals surface area contributed by atoms with Crippen molar-refractivity contribution in [1.29, 1.82) is 0 Å². The highest BCUT2D eigenvalue weighted by atomic mass is 32.1. The molecule has 0 aliphatic rings. The summed E-state index contributed by atoms with van der Waals surface area (Å²) in [5.74, 6) is -0.262. The van der Waals surface area contributed by atoms with E-state index in [4.69, 9.17) is 27.4 Å². The normalized spacial score (nSPS) is 10.1. The molecular formula is C14H20N2O3S. The van der Waals surface area contributed by atoms with Gasteiger partial charge in [0, 0.05) is 24.9 Å². The first-order valence-electron chi connectivity index (χ1n) is 6.37. The van der Waals surface area contributed by atoms with Crippen molar-refractivity contribution in [1.82, 2.24) is 0 Å². The van der Waals surface area contributed by atoms with E-state index in [2.05, 4.69) is 0 Å². The molecule has 0 radical (unpaired) electrons. The summed E-state index contributed by atoms with van der Waals surface area (Å²) in [7, 11) is 1.62. The highest BCUT2D eigenvalue weighted by molar-refractivity contribution is 7.80. The van der Waals surface area contributed by atoms with Gasteiger partial charge in [0.2, 0.25) is 0 Å². The molecule has 5 nitrogen and oxygen atoms in total. The number of carbonyl (C=O) groups is 1. The summed E-state index contributed by atoms with van der Waals surface area (Å²) >= 11 is 4.92. The molecule has 0 aromatic heterocycles. The van der Waals surface area contributed by atoms with E-state index in [-0.39, 0.29) is 12.5 Å². The van der Waals surface area contributed by atoms with Crippen molar-refractivity contribution in [2.24, 2.45) is 5.73 Å². The first kappa shape index (κ1) is 16.4. The topological polar surface area (TPSA) is 64.8 Å². The molecule has 0 saturated carbocycles. The van der Waals surface area contributed by atoms with Gasteiger partial charge >= 0.3 is 5.97 Å². The van der Waals surface area contributed by atoms with Gasteiger partial charge in [0.05, 0.1) is 13.2 Å². The lowest BCUT2D eigenvalue weighted by atomic mass is 10.2. The van der Waals surface area contributed by atoms with Gasteiger partial charge in [-0.2, -0.15) is 0 Å². The summed E-state index contributed by atoms with van der Waals surface area (Å²) in [5, 5.41) is 0. The molecule has 1 rings (SSSR count). The second-order valence-electron chi connectivity index (χ2n) is 4.13. The lowest BCUT2D eigenvalue weighted by molar-refractivity contribution is -0.141. The molecule has 0 aliphatic carbocycles. The van der Waals surface area contributed by atoms with Crippen LogP contribution in [0.15, 0.2) is 24.3 Å². The maximum Gasteiger partial charge on any atom is 0.325 e. The monoisotopic (exact) mass is 296 g/mol. The number of benzene rings is 1. The molecule has 0 unspecified atom stereocenters. The molecule has 0 aliphatic heterocycles. The van der Waals surface area contributed by atoms with Crippen molar-refractivity contribution < 1.29 is 14.3 Å². The van der Waals surface area contributed by atoms with E-state index in [1.54, 1.807) is 14.0 Å². The maximum atomic E-state index is 11.6. The number of esters is 1. The number of ether oxygens (including phenoxy) is 2.